The number of likely N-dealkylation sites (tertiary alicyclic amines) is 2. The van der Waals surface area contributed by atoms with E-state index < -0.39 is 12.1 Å². The predicted octanol–water partition coefficient (Wildman–Crippen LogP) is 6.03. The summed E-state index contributed by atoms with van der Waals surface area (Å²) in [5.74, 6) is 1.06. The number of nitrogens with two attached hydrogens (primary N) is 2. The molecule has 0 radical (unpaired) electrons. The Morgan fingerprint density at radius 3 is 1.70 bits per heavy atom. The van der Waals surface area contributed by atoms with E-state index in [1.54, 1.807) is 0 Å². The molecule has 2 aliphatic rings. The molecule has 6 N–H and O–H groups in total. The summed E-state index contributed by atoms with van der Waals surface area (Å²) in [6.45, 7) is 9.42. The molecule has 0 saturated carbocycles. The van der Waals surface area contributed by atoms with Gasteiger partial charge in [-0.3, -0.25) is 9.59 Å². The van der Waals surface area contributed by atoms with E-state index in [1.165, 1.54) is 0 Å². The first-order valence-electron chi connectivity index (χ1n) is 16.7. The Balaban J connectivity index is 1.12. The molecule has 2 fully saturated rings. The van der Waals surface area contributed by atoms with Gasteiger partial charge in [-0.25, -0.2) is 4.98 Å². The average molecular weight is 622 g/mol. The summed E-state index contributed by atoms with van der Waals surface area (Å²) in [6, 6.07) is 20.2. The van der Waals surface area contributed by atoms with Crippen LogP contribution in [0.25, 0.3) is 33.6 Å². The van der Waals surface area contributed by atoms with Gasteiger partial charge in [-0.1, -0.05) is 76.2 Å². The van der Waals surface area contributed by atoms with Gasteiger partial charge in [0.1, 0.15) is 5.82 Å². The fourth-order valence-corrected chi connectivity index (χ4v) is 6.73. The number of nitrogens with zero attached hydrogens (tertiary/aromatic N) is 3. The van der Waals surface area contributed by atoms with Crippen LogP contribution in [0.15, 0.2) is 66.9 Å². The van der Waals surface area contributed by atoms with Crippen molar-refractivity contribution in [3.8, 4) is 33.6 Å². The van der Waals surface area contributed by atoms with Crippen molar-refractivity contribution in [2.24, 2.45) is 23.3 Å². The van der Waals surface area contributed by atoms with E-state index in [2.05, 4.69) is 75.6 Å². The zero-order valence-electron chi connectivity index (χ0n) is 27.4. The maximum Gasteiger partial charge on any atom is 0.240 e. The highest BCUT2D eigenvalue weighted by molar-refractivity contribution is 5.83. The Hall–Kier alpha value is -4.21. The number of aromatic amines is 2. The van der Waals surface area contributed by atoms with Crippen molar-refractivity contribution < 1.29 is 9.59 Å². The maximum atomic E-state index is 13.0. The fourth-order valence-electron chi connectivity index (χ4n) is 6.73. The molecule has 9 heteroatoms. The summed E-state index contributed by atoms with van der Waals surface area (Å²) in [5.41, 5.74) is 19.8. The van der Waals surface area contributed by atoms with Crippen molar-refractivity contribution in [2.45, 2.75) is 77.5 Å². The van der Waals surface area contributed by atoms with E-state index >= 15 is 0 Å². The number of benzene rings is 2. The third-order valence-corrected chi connectivity index (χ3v) is 9.78. The topological polar surface area (TPSA) is 137 Å². The Bertz CT molecular complexity index is 1530. The number of nitrogens with one attached hydrogen (secondary N) is 2. The van der Waals surface area contributed by atoms with E-state index in [1.807, 2.05) is 43.7 Å². The van der Waals surface area contributed by atoms with Gasteiger partial charge in [-0.05, 0) is 71.9 Å². The van der Waals surface area contributed by atoms with Crippen LogP contribution >= 0.6 is 0 Å². The predicted molar refractivity (Wildman–Crippen MR) is 182 cm³/mol. The molecule has 1 unspecified atom stereocenters. The number of amides is 2. The second-order valence-corrected chi connectivity index (χ2v) is 13.6. The van der Waals surface area contributed by atoms with Crippen molar-refractivity contribution >= 4 is 11.8 Å². The van der Waals surface area contributed by atoms with Gasteiger partial charge >= 0.3 is 0 Å². The van der Waals surface area contributed by atoms with Gasteiger partial charge in [0.25, 0.3) is 0 Å². The number of H-pyrrole nitrogens is 2. The minimum Gasteiger partial charge on any atom is -0.357 e. The first-order chi connectivity index (χ1) is 22.1. The van der Waals surface area contributed by atoms with Crippen LogP contribution in [0.1, 0.15) is 77.0 Å². The molecule has 2 aromatic heterocycles. The molecule has 9 nitrogen and oxygen atoms in total. The smallest absolute Gasteiger partial charge is 0.240 e. The largest absolute Gasteiger partial charge is 0.357 e. The summed E-state index contributed by atoms with van der Waals surface area (Å²) in [6.07, 6.45) is 5.61. The van der Waals surface area contributed by atoms with E-state index in [0.29, 0.717) is 6.54 Å². The molecule has 2 saturated heterocycles. The van der Waals surface area contributed by atoms with E-state index in [4.69, 9.17) is 11.5 Å². The number of hydrogen-bond donors (Lipinski definition) is 4. The minimum atomic E-state index is -0.494. The lowest BCUT2D eigenvalue weighted by Gasteiger charge is -2.28. The molecule has 46 heavy (non-hydrogen) atoms. The van der Waals surface area contributed by atoms with Crippen LogP contribution in [0.5, 0.6) is 0 Å². The number of carbonyl (C=O) groups is 2. The van der Waals surface area contributed by atoms with Crippen LogP contribution in [0, 0.1) is 11.8 Å². The fraction of sp³-hybridized carbons (Fsp3) is 0.432. The van der Waals surface area contributed by atoms with Crippen molar-refractivity contribution in [1.82, 2.24) is 24.8 Å². The quantitative estimate of drug-likeness (QED) is 0.181. The molecule has 242 valence electrons. The summed E-state index contributed by atoms with van der Waals surface area (Å²) in [5, 5.41) is 0. The van der Waals surface area contributed by atoms with Crippen LogP contribution in [-0.2, 0) is 9.59 Å². The van der Waals surface area contributed by atoms with E-state index in [0.717, 1.165) is 77.4 Å². The normalized spacial score (nSPS) is 19.7. The number of hydrogen-bond acceptors (Lipinski definition) is 5. The molecule has 2 amide bonds. The number of carbonyl (C=O) groups excluding carboxylic acids is 2. The third kappa shape index (κ3) is 6.26. The summed E-state index contributed by atoms with van der Waals surface area (Å²) in [7, 11) is 0. The van der Waals surface area contributed by atoms with E-state index in [-0.39, 0.29) is 35.7 Å². The van der Waals surface area contributed by atoms with Crippen molar-refractivity contribution in [1.29, 1.82) is 0 Å². The van der Waals surface area contributed by atoms with Gasteiger partial charge in [-0.2, -0.15) is 0 Å². The Kier molecular flexibility index (Phi) is 9.15. The second-order valence-electron chi connectivity index (χ2n) is 13.6. The zero-order valence-corrected chi connectivity index (χ0v) is 27.4. The van der Waals surface area contributed by atoms with Gasteiger partial charge < -0.3 is 31.2 Å². The second kappa shape index (κ2) is 13.3. The zero-order chi connectivity index (χ0) is 32.5. The number of rotatable bonds is 9. The highest BCUT2D eigenvalue weighted by Gasteiger charge is 2.36. The van der Waals surface area contributed by atoms with Gasteiger partial charge in [0.05, 0.1) is 36.1 Å². The summed E-state index contributed by atoms with van der Waals surface area (Å²) in [4.78, 5) is 41.6. The number of aromatic nitrogens is 3. The maximum absolute atomic E-state index is 13.0. The lowest BCUT2D eigenvalue weighted by Crippen LogP contribution is -2.46. The van der Waals surface area contributed by atoms with Crippen LogP contribution < -0.4 is 11.5 Å². The highest BCUT2D eigenvalue weighted by Crippen LogP contribution is 2.35. The van der Waals surface area contributed by atoms with E-state index in [9.17, 15) is 9.59 Å². The molecule has 0 aliphatic carbocycles. The first-order valence-corrected chi connectivity index (χ1v) is 16.7. The molecule has 4 aromatic rings. The Morgan fingerprint density at radius 2 is 1.15 bits per heavy atom. The van der Waals surface area contributed by atoms with Crippen molar-refractivity contribution in [3.05, 3.63) is 78.4 Å². The van der Waals surface area contributed by atoms with Crippen molar-refractivity contribution in [3.63, 3.8) is 0 Å². The van der Waals surface area contributed by atoms with Crippen LogP contribution in [-0.4, -0.2) is 61.7 Å². The molecule has 0 bridgehead atoms. The molecule has 0 spiro atoms. The van der Waals surface area contributed by atoms with Gasteiger partial charge in [0.15, 0.2) is 0 Å². The average Bonchev–Trinajstić information content (AvgIpc) is 3.89. The molecular formula is C37H47N7O2. The van der Waals surface area contributed by atoms with Crippen LogP contribution in [0.2, 0.25) is 0 Å². The standard InChI is InChI=1S/C37H47N7O2/c1-22(2)33(38)36(45)43-19-5-7-31(43)29-18-17-28(41-29)26-13-9-24(10-14-26)25-11-15-27(16-12-25)30-21-40-35(42-30)32-8-6-20-44(32)37(46)34(39)23(3)4/h9-18,21-23,31-34,41H,5-8,19-20,38-39H2,1-4H3,(H,40,42)/t31-,32?,33-,34-/m0/s1. The van der Waals surface area contributed by atoms with Gasteiger partial charge in [0.2, 0.25) is 11.8 Å². The molecule has 2 aromatic carbocycles. The third-order valence-electron chi connectivity index (χ3n) is 9.78. The summed E-state index contributed by atoms with van der Waals surface area (Å²) >= 11 is 0. The molecule has 6 rings (SSSR count). The molecule has 4 heterocycles. The van der Waals surface area contributed by atoms with Crippen LogP contribution in [0.3, 0.4) is 0 Å². The SMILES string of the molecule is CC(C)[C@H](N)C(=O)N1CCCC1c1ncc(-c2ccc(-c3ccc(-c4ccc([C@@H]5CCCN5C(=O)[C@@H](N)C(C)C)[nH]4)cc3)cc2)[nH]1. The van der Waals surface area contributed by atoms with Crippen LogP contribution in [0.4, 0.5) is 0 Å². The van der Waals surface area contributed by atoms with Gasteiger partial charge in [0, 0.05) is 24.5 Å². The van der Waals surface area contributed by atoms with Crippen molar-refractivity contribution in [2.75, 3.05) is 13.1 Å². The van der Waals surface area contributed by atoms with Gasteiger partial charge in [-0.15, -0.1) is 0 Å². The number of imidazole rings is 1. The Morgan fingerprint density at radius 1 is 0.674 bits per heavy atom. The molecule has 2 aliphatic heterocycles. The monoisotopic (exact) mass is 621 g/mol. The summed E-state index contributed by atoms with van der Waals surface area (Å²) < 4.78 is 0. The lowest BCUT2D eigenvalue weighted by atomic mass is 10.0. The lowest BCUT2D eigenvalue weighted by molar-refractivity contribution is -0.135. The first kappa shape index (κ1) is 31.8. The molecule has 4 atom stereocenters. The molecular weight excluding hydrogens is 574 g/mol. The minimum absolute atomic E-state index is 0.00165. The highest BCUT2D eigenvalue weighted by atomic mass is 16.2. The Labute approximate surface area is 271 Å².